The molecule has 2 nitrogen and oxygen atoms in total. The van der Waals surface area contributed by atoms with Crippen LogP contribution in [0.1, 0.15) is 41.3 Å². The van der Waals surface area contributed by atoms with Gasteiger partial charge in [-0.05, 0) is 42.5 Å². The first-order valence-electron chi connectivity index (χ1n) is 7.15. The molecule has 0 spiro atoms. The van der Waals surface area contributed by atoms with Crippen LogP contribution in [0.25, 0.3) is 0 Å². The van der Waals surface area contributed by atoms with Crippen LogP contribution in [0.3, 0.4) is 0 Å². The SMILES string of the molecule is CCCC(=O)c1ccc(CCc2ccc(N)cc2)cc1. The van der Waals surface area contributed by atoms with Crippen LogP contribution in [-0.4, -0.2) is 5.78 Å². The molecule has 104 valence electrons. The number of nitrogen functional groups attached to an aromatic ring is 1. The van der Waals surface area contributed by atoms with Crippen LogP contribution < -0.4 is 5.73 Å². The van der Waals surface area contributed by atoms with Crippen molar-refractivity contribution in [3.63, 3.8) is 0 Å². The zero-order valence-electron chi connectivity index (χ0n) is 11.9. The predicted molar refractivity (Wildman–Crippen MR) is 83.9 cm³/mol. The molecule has 0 heterocycles. The van der Waals surface area contributed by atoms with Crippen LogP contribution in [0, 0.1) is 0 Å². The van der Waals surface area contributed by atoms with E-state index in [-0.39, 0.29) is 5.78 Å². The van der Waals surface area contributed by atoms with E-state index < -0.39 is 0 Å². The summed E-state index contributed by atoms with van der Waals surface area (Å²) >= 11 is 0. The summed E-state index contributed by atoms with van der Waals surface area (Å²) in [5.41, 5.74) is 9.83. The lowest BCUT2D eigenvalue weighted by Crippen LogP contribution is -1.98. The standard InChI is InChI=1S/C18H21NO/c1-2-3-18(20)16-10-6-14(7-11-16)4-5-15-8-12-17(19)13-9-15/h6-13H,2-5,19H2,1H3. The first kappa shape index (κ1) is 14.3. The lowest BCUT2D eigenvalue weighted by molar-refractivity contribution is 0.0982. The average molecular weight is 267 g/mol. The highest BCUT2D eigenvalue weighted by atomic mass is 16.1. The van der Waals surface area contributed by atoms with Crippen molar-refractivity contribution in [2.45, 2.75) is 32.6 Å². The molecule has 2 aromatic carbocycles. The zero-order valence-corrected chi connectivity index (χ0v) is 11.9. The van der Waals surface area contributed by atoms with Gasteiger partial charge in [0, 0.05) is 17.7 Å². The minimum atomic E-state index is 0.234. The number of anilines is 1. The Morgan fingerprint density at radius 1 is 0.900 bits per heavy atom. The smallest absolute Gasteiger partial charge is 0.162 e. The number of hydrogen-bond donors (Lipinski definition) is 1. The van der Waals surface area contributed by atoms with Gasteiger partial charge in [0.05, 0.1) is 0 Å². The molecule has 0 radical (unpaired) electrons. The van der Waals surface area contributed by atoms with Crippen molar-refractivity contribution in [3.8, 4) is 0 Å². The van der Waals surface area contributed by atoms with Gasteiger partial charge in [0.15, 0.2) is 5.78 Å². The number of rotatable bonds is 6. The van der Waals surface area contributed by atoms with Crippen LogP contribution in [0.4, 0.5) is 5.69 Å². The molecular formula is C18H21NO. The van der Waals surface area contributed by atoms with Crippen molar-refractivity contribution in [1.82, 2.24) is 0 Å². The lowest BCUT2D eigenvalue weighted by atomic mass is 10.0. The highest BCUT2D eigenvalue weighted by Crippen LogP contribution is 2.12. The maximum Gasteiger partial charge on any atom is 0.162 e. The van der Waals surface area contributed by atoms with Crippen LogP contribution in [0.5, 0.6) is 0 Å². The number of carbonyl (C=O) groups is 1. The van der Waals surface area contributed by atoms with Gasteiger partial charge in [0.2, 0.25) is 0 Å². The van der Waals surface area contributed by atoms with Crippen molar-refractivity contribution in [3.05, 3.63) is 65.2 Å². The van der Waals surface area contributed by atoms with E-state index in [1.165, 1.54) is 11.1 Å². The molecule has 20 heavy (non-hydrogen) atoms. The lowest BCUT2D eigenvalue weighted by Gasteiger charge is -2.04. The first-order valence-corrected chi connectivity index (χ1v) is 7.15. The van der Waals surface area contributed by atoms with Crippen LogP contribution in [-0.2, 0) is 12.8 Å². The van der Waals surface area contributed by atoms with Crippen LogP contribution in [0.15, 0.2) is 48.5 Å². The van der Waals surface area contributed by atoms with Crippen molar-refractivity contribution >= 4 is 11.5 Å². The second-order valence-corrected chi connectivity index (χ2v) is 5.11. The third-order valence-corrected chi connectivity index (χ3v) is 3.44. The summed E-state index contributed by atoms with van der Waals surface area (Å²) in [7, 11) is 0. The quantitative estimate of drug-likeness (QED) is 0.634. The summed E-state index contributed by atoms with van der Waals surface area (Å²) in [4.78, 5) is 11.8. The average Bonchev–Trinajstić information content (AvgIpc) is 2.47. The molecule has 0 saturated carbocycles. The summed E-state index contributed by atoms with van der Waals surface area (Å²) in [6.45, 7) is 2.03. The monoisotopic (exact) mass is 267 g/mol. The number of carbonyl (C=O) groups excluding carboxylic acids is 1. The fourth-order valence-electron chi connectivity index (χ4n) is 2.20. The van der Waals surface area contributed by atoms with Gasteiger partial charge >= 0.3 is 0 Å². The Hall–Kier alpha value is -2.09. The number of aryl methyl sites for hydroxylation is 2. The molecule has 2 aromatic rings. The molecule has 2 heteroatoms. The fraction of sp³-hybridized carbons (Fsp3) is 0.278. The maximum absolute atomic E-state index is 11.8. The van der Waals surface area contributed by atoms with Crippen molar-refractivity contribution in [2.24, 2.45) is 0 Å². The normalized spacial score (nSPS) is 10.4. The van der Waals surface area contributed by atoms with E-state index in [1.807, 2.05) is 31.2 Å². The van der Waals surface area contributed by atoms with Gasteiger partial charge in [0.1, 0.15) is 0 Å². The third-order valence-electron chi connectivity index (χ3n) is 3.44. The minimum Gasteiger partial charge on any atom is -0.399 e. The summed E-state index contributed by atoms with van der Waals surface area (Å²) in [5, 5.41) is 0. The molecular weight excluding hydrogens is 246 g/mol. The molecule has 0 aliphatic rings. The van der Waals surface area contributed by atoms with Gasteiger partial charge in [-0.3, -0.25) is 4.79 Å². The number of nitrogens with two attached hydrogens (primary N) is 1. The van der Waals surface area contributed by atoms with Gasteiger partial charge in [-0.2, -0.15) is 0 Å². The Labute approximate surface area is 120 Å². The van der Waals surface area contributed by atoms with Gasteiger partial charge in [-0.25, -0.2) is 0 Å². The topological polar surface area (TPSA) is 43.1 Å². The molecule has 0 saturated heterocycles. The number of ketones is 1. The molecule has 0 aliphatic heterocycles. The highest BCUT2D eigenvalue weighted by molar-refractivity contribution is 5.95. The first-order chi connectivity index (χ1) is 9.69. The highest BCUT2D eigenvalue weighted by Gasteiger charge is 2.04. The molecule has 2 rings (SSSR count). The number of Topliss-reactive ketones (excluding diaryl/α,β-unsaturated/α-hetero) is 1. The molecule has 0 fully saturated rings. The second-order valence-electron chi connectivity index (χ2n) is 5.11. The van der Waals surface area contributed by atoms with E-state index in [2.05, 4.69) is 24.3 Å². The van der Waals surface area contributed by atoms with Crippen molar-refractivity contribution in [2.75, 3.05) is 5.73 Å². The van der Waals surface area contributed by atoms with Gasteiger partial charge < -0.3 is 5.73 Å². The molecule has 0 aromatic heterocycles. The summed E-state index contributed by atoms with van der Waals surface area (Å²) in [6.07, 6.45) is 3.50. The zero-order chi connectivity index (χ0) is 14.4. The number of benzene rings is 2. The van der Waals surface area contributed by atoms with E-state index in [9.17, 15) is 4.79 Å². The van der Waals surface area contributed by atoms with Crippen molar-refractivity contribution in [1.29, 1.82) is 0 Å². The minimum absolute atomic E-state index is 0.234. The Morgan fingerprint density at radius 2 is 1.40 bits per heavy atom. The fourth-order valence-corrected chi connectivity index (χ4v) is 2.20. The molecule has 0 amide bonds. The summed E-state index contributed by atoms with van der Waals surface area (Å²) < 4.78 is 0. The predicted octanol–water partition coefficient (Wildman–Crippen LogP) is 4.04. The van der Waals surface area contributed by atoms with Crippen LogP contribution >= 0.6 is 0 Å². The van der Waals surface area contributed by atoms with Crippen molar-refractivity contribution < 1.29 is 4.79 Å². The van der Waals surface area contributed by atoms with E-state index in [1.54, 1.807) is 0 Å². The van der Waals surface area contributed by atoms with Gasteiger partial charge in [-0.15, -0.1) is 0 Å². The summed E-state index contributed by atoms with van der Waals surface area (Å²) in [6, 6.07) is 16.0. The Morgan fingerprint density at radius 3 is 1.90 bits per heavy atom. The second kappa shape index (κ2) is 6.90. The molecule has 2 N–H and O–H groups in total. The molecule has 0 aliphatic carbocycles. The third kappa shape index (κ3) is 3.95. The Bertz CT molecular complexity index is 555. The van der Waals surface area contributed by atoms with E-state index in [0.29, 0.717) is 6.42 Å². The van der Waals surface area contributed by atoms with E-state index >= 15 is 0 Å². The van der Waals surface area contributed by atoms with Gasteiger partial charge in [-0.1, -0.05) is 43.3 Å². The Kier molecular flexibility index (Phi) is 4.94. The largest absolute Gasteiger partial charge is 0.399 e. The van der Waals surface area contributed by atoms with E-state index in [0.717, 1.165) is 30.5 Å². The Balaban J connectivity index is 1.93. The molecule has 0 unspecified atom stereocenters. The van der Waals surface area contributed by atoms with Crippen LogP contribution in [0.2, 0.25) is 0 Å². The number of hydrogen-bond acceptors (Lipinski definition) is 2. The summed E-state index contributed by atoms with van der Waals surface area (Å²) in [5.74, 6) is 0.234. The maximum atomic E-state index is 11.8. The van der Waals surface area contributed by atoms with E-state index in [4.69, 9.17) is 5.73 Å². The molecule has 0 bridgehead atoms. The molecule has 0 atom stereocenters. The van der Waals surface area contributed by atoms with Gasteiger partial charge in [0.25, 0.3) is 0 Å².